The SMILES string of the molecule is CN(CC1CCCCC1O)S(=O)(=O)c1ccccc1Cl. The minimum atomic E-state index is -3.60. The van der Waals surface area contributed by atoms with E-state index < -0.39 is 16.1 Å². The lowest BCUT2D eigenvalue weighted by Gasteiger charge is -2.30. The van der Waals surface area contributed by atoms with Crippen molar-refractivity contribution in [3.8, 4) is 0 Å². The molecule has 2 unspecified atom stereocenters. The Kier molecular flexibility index (Phi) is 5.07. The molecule has 1 aliphatic carbocycles. The zero-order valence-electron chi connectivity index (χ0n) is 11.5. The van der Waals surface area contributed by atoms with E-state index in [1.165, 1.54) is 10.4 Å². The molecule has 0 radical (unpaired) electrons. The Morgan fingerprint density at radius 1 is 1.30 bits per heavy atom. The van der Waals surface area contributed by atoms with Crippen LogP contribution in [0.5, 0.6) is 0 Å². The molecule has 0 bridgehead atoms. The van der Waals surface area contributed by atoms with Gasteiger partial charge in [0.1, 0.15) is 4.90 Å². The largest absolute Gasteiger partial charge is 0.393 e. The molecule has 0 aliphatic heterocycles. The molecule has 1 saturated carbocycles. The summed E-state index contributed by atoms with van der Waals surface area (Å²) in [7, 11) is -2.06. The second kappa shape index (κ2) is 6.43. The van der Waals surface area contributed by atoms with Crippen LogP contribution in [0.1, 0.15) is 25.7 Å². The molecule has 1 fully saturated rings. The molecule has 0 amide bonds. The topological polar surface area (TPSA) is 57.6 Å². The summed E-state index contributed by atoms with van der Waals surface area (Å²) < 4.78 is 26.3. The number of nitrogens with zero attached hydrogens (tertiary/aromatic N) is 1. The van der Waals surface area contributed by atoms with E-state index in [2.05, 4.69) is 0 Å². The molecule has 1 aromatic carbocycles. The summed E-state index contributed by atoms with van der Waals surface area (Å²) in [5, 5.41) is 10.2. The predicted molar refractivity (Wildman–Crippen MR) is 79.2 cm³/mol. The Bertz CT molecular complexity index is 561. The quantitative estimate of drug-likeness (QED) is 0.928. The molecule has 2 atom stereocenters. The fourth-order valence-corrected chi connectivity index (χ4v) is 4.37. The Hall–Kier alpha value is -0.620. The number of aliphatic hydroxyl groups excluding tert-OH is 1. The lowest BCUT2D eigenvalue weighted by atomic mass is 9.86. The number of aliphatic hydroxyl groups is 1. The molecule has 6 heteroatoms. The number of sulfonamides is 1. The van der Waals surface area contributed by atoms with Crippen LogP contribution in [0.25, 0.3) is 0 Å². The fourth-order valence-electron chi connectivity index (χ4n) is 2.65. The highest BCUT2D eigenvalue weighted by Crippen LogP contribution is 2.28. The lowest BCUT2D eigenvalue weighted by molar-refractivity contribution is 0.0620. The maximum absolute atomic E-state index is 12.5. The fraction of sp³-hybridized carbons (Fsp3) is 0.571. The number of hydrogen-bond acceptors (Lipinski definition) is 3. The van der Waals surface area contributed by atoms with Gasteiger partial charge in [-0.25, -0.2) is 12.7 Å². The van der Waals surface area contributed by atoms with Gasteiger partial charge in [0.05, 0.1) is 11.1 Å². The van der Waals surface area contributed by atoms with Crippen molar-refractivity contribution in [3.63, 3.8) is 0 Å². The number of hydrogen-bond donors (Lipinski definition) is 1. The highest BCUT2D eigenvalue weighted by Gasteiger charge is 2.30. The standard InChI is InChI=1S/C14H20ClNO3S/c1-16(10-11-6-2-4-8-13(11)17)20(18,19)14-9-5-3-7-12(14)15/h3,5,7,9,11,13,17H,2,4,6,8,10H2,1H3. The molecule has 1 aromatic rings. The Labute approximate surface area is 125 Å². The van der Waals surface area contributed by atoms with Crippen LogP contribution in [0.2, 0.25) is 5.02 Å². The van der Waals surface area contributed by atoms with Crippen molar-refractivity contribution in [2.75, 3.05) is 13.6 Å². The Morgan fingerprint density at radius 3 is 2.60 bits per heavy atom. The van der Waals surface area contributed by atoms with E-state index >= 15 is 0 Å². The first kappa shape index (κ1) is 15.8. The molecule has 0 heterocycles. The molecule has 4 nitrogen and oxygen atoms in total. The van der Waals surface area contributed by atoms with Gasteiger partial charge in [-0.1, -0.05) is 36.6 Å². The van der Waals surface area contributed by atoms with Crippen LogP contribution in [-0.2, 0) is 10.0 Å². The number of rotatable bonds is 4. The molecule has 1 N–H and O–H groups in total. The van der Waals surface area contributed by atoms with Crippen LogP contribution >= 0.6 is 11.6 Å². The van der Waals surface area contributed by atoms with Gasteiger partial charge < -0.3 is 5.11 Å². The van der Waals surface area contributed by atoms with Gasteiger partial charge >= 0.3 is 0 Å². The first-order valence-corrected chi connectivity index (χ1v) is 8.63. The second-order valence-corrected chi connectivity index (χ2v) is 7.75. The van der Waals surface area contributed by atoms with E-state index in [1.54, 1.807) is 25.2 Å². The van der Waals surface area contributed by atoms with Crippen molar-refractivity contribution < 1.29 is 13.5 Å². The molecule has 20 heavy (non-hydrogen) atoms. The van der Waals surface area contributed by atoms with Crippen molar-refractivity contribution in [2.45, 2.75) is 36.7 Å². The van der Waals surface area contributed by atoms with Crippen LogP contribution in [0.15, 0.2) is 29.2 Å². The zero-order valence-corrected chi connectivity index (χ0v) is 13.1. The van der Waals surface area contributed by atoms with Gasteiger partial charge in [-0.15, -0.1) is 0 Å². The lowest BCUT2D eigenvalue weighted by Crippen LogP contribution is -2.38. The van der Waals surface area contributed by atoms with Gasteiger partial charge in [0, 0.05) is 13.6 Å². The average Bonchev–Trinajstić information content (AvgIpc) is 2.41. The second-order valence-electron chi connectivity index (χ2n) is 5.33. The Morgan fingerprint density at radius 2 is 1.95 bits per heavy atom. The van der Waals surface area contributed by atoms with Gasteiger partial charge in [-0.3, -0.25) is 0 Å². The third kappa shape index (κ3) is 3.34. The molecule has 0 saturated heterocycles. The van der Waals surface area contributed by atoms with E-state index in [4.69, 9.17) is 11.6 Å². The highest BCUT2D eigenvalue weighted by molar-refractivity contribution is 7.89. The predicted octanol–water partition coefficient (Wildman–Crippen LogP) is 2.51. The third-order valence-corrected chi connectivity index (χ3v) is 6.21. The zero-order chi connectivity index (χ0) is 14.8. The van der Waals surface area contributed by atoms with Crippen LogP contribution in [0, 0.1) is 5.92 Å². The summed E-state index contributed by atoms with van der Waals surface area (Å²) in [5.41, 5.74) is 0. The first-order chi connectivity index (χ1) is 9.43. The Balaban J connectivity index is 2.15. The maximum Gasteiger partial charge on any atom is 0.244 e. The summed E-state index contributed by atoms with van der Waals surface area (Å²) in [4.78, 5) is 0.120. The highest BCUT2D eigenvalue weighted by atomic mass is 35.5. The van der Waals surface area contributed by atoms with Crippen molar-refractivity contribution in [1.82, 2.24) is 4.31 Å². The minimum absolute atomic E-state index is 0.00557. The van der Waals surface area contributed by atoms with E-state index in [1.807, 2.05) is 0 Å². The summed E-state index contributed by atoms with van der Waals surface area (Å²) in [5.74, 6) is 0.00557. The van der Waals surface area contributed by atoms with E-state index in [9.17, 15) is 13.5 Å². The average molecular weight is 318 g/mol. The van der Waals surface area contributed by atoms with E-state index in [0.717, 1.165) is 25.7 Å². The van der Waals surface area contributed by atoms with Crippen molar-refractivity contribution in [3.05, 3.63) is 29.3 Å². The van der Waals surface area contributed by atoms with Gasteiger partial charge in [0.25, 0.3) is 0 Å². The van der Waals surface area contributed by atoms with Crippen molar-refractivity contribution in [2.24, 2.45) is 5.92 Å². The molecule has 2 rings (SSSR count). The van der Waals surface area contributed by atoms with Crippen LogP contribution in [0.4, 0.5) is 0 Å². The normalized spacial score (nSPS) is 24.0. The number of benzene rings is 1. The van der Waals surface area contributed by atoms with E-state index in [-0.39, 0.29) is 15.8 Å². The molecule has 1 aliphatic rings. The monoisotopic (exact) mass is 317 g/mol. The minimum Gasteiger partial charge on any atom is -0.393 e. The molecular formula is C14H20ClNO3S. The van der Waals surface area contributed by atoms with Gasteiger partial charge in [-0.2, -0.15) is 0 Å². The molecule has 0 spiro atoms. The first-order valence-electron chi connectivity index (χ1n) is 6.82. The maximum atomic E-state index is 12.5. The summed E-state index contributed by atoms with van der Waals surface area (Å²) in [6.45, 7) is 0.328. The van der Waals surface area contributed by atoms with Gasteiger partial charge in [-0.05, 0) is 30.9 Å². The van der Waals surface area contributed by atoms with Crippen molar-refractivity contribution in [1.29, 1.82) is 0 Å². The third-order valence-electron chi connectivity index (χ3n) is 3.89. The summed E-state index contributed by atoms with van der Waals surface area (Å²) in [6.07, 6.45) is 3.27. The van der Waals surface area contributed by atoms with Crippen LogP contribution < -0.4 is 0 Å². The molecule has 112 valence electrons. The van der Waals surface area contributed by atoms with Gasteiger partial charge in [0.15, 0.2) is 0 Å². The molecular weight excluding hydrogens is 298 g/mol. The molecule has 0 aromatic heterocycles. The van der Waals surface area contributed by atoms with Crippen LogP contribution in [0.3, 0.4) is 0 Å². The summed E-state index contributed by atoms with van der Waals surface area (Å²) >= 11 is 5.97. The van der Waals surface area contributed by atoms with Gasteiger partial charge in [0.2, 0.25) is 10.0 Å². The van der Waals surface area contributed by atoms with Crippen molar-refractivity contribution >= 4 is 21.6 Å². The summed E-state index contributed by atoms with van der Waals surface area (Å²) in [6, 6.07) is 6.43. The smallest absolute Gasteiger partial charge is 0.244 e. The number of halogens is 1. The van der Waals surface area contributed by atoms with Crippen LogP contribution in [-0.4, -0.2) is 37.5 Å². The van der Waals surface area contributed by atoms with E-state index in [0.29, 0.717) is 6.54 Å².